The Morgan fingerprint density at radius 1 is 1.31 bits per heavy atom. The van der Waals surface area contributed by atoms with E-state index >= 15 is 0 Å². The molecule has 150 valence electrons. The number of hydrogen-bond acceptors (Lipinski definition) is 6. The molecule has 0 fully saturated rings. The van der Waals surface area contributed by atoms with Crippen LogP contribution in [0.15, 0.2) is 54.7 Å². The maximum Gasteiger partial charge on any atom is 0.289 e. The monoisotopic (exact) mass is 430 g/mol. The van der Waals surface area contributed by atoms with E-state index < -0.39 is 11.0 Å². The number of carbonyl (C=O) groups excluding carboxylic acids is 1. The molecule has 7 nitrogen and oxygen atoms in total. The number of amides is 1. The molecule has 0 saturated heterocycles. The summed E-state index contributed by atoms with van der Waals surface area (Å²) < 4.78 is 0. The molecule has 0 aliphatic rings. The van der Waals surface area contributed by atoms with Gasteiger partial charge in [-0.1, -0.05) is 41.9 Å². The summed E-state index contributed by atoms with van der Waals surface area (Å²) in [5.74, 6) is -0.295. The second-order valence-corrected chi connectivity index (χ2v) is 8.21. The smallest absolute Gasteiger partial charge is 0.289 e. The van der Waals surface area contributed by atoms with Crippen LogP contribution in [0.4, 0.5) is 11.4 Å². The van der Waals surface area contributed by atoms with Crippen LogP contribution in [0.3, 0.4) is 0 Å². The standard InChI is InChI=1S/C20H19ClN4O3S/c1-13-22-11-16(29-13)12-24(2)19(14-6-4-3-5-7-14)20(26)23-15-8-9-17(21)18(10-15)25(27)28/h3-11,19H,12H2,1-2H3,(H,23,26). The van der Waals surface area contributed by atoms with Gasteiger partial charge in [0.1, 0.15) is 11.1 Å². The SMILES string of the molecule is Cc1ncc(CN(C)C(C(=O)Nc2ccc(Cl)c([N+](=O)[O-])c2)c2ccccc2)s1. The van der Waals surface area contributed by atoms with Crippen molar-refractivity contribution >= 4 is 40.2 Å². The van der Waals surface area contributed by atoms with Gasteiger partial charge in [0.2, 0.25) is 5.91 Å². The third-order valence-electron chi connectivity index (χ3n) is 4.29. The lowest BCUT2D eigenvalue weighted by atomic mass is 10.0. The van der Waals surface area contributed by atoms with E-state index in [1.165, 1.54) is 12.1 Å². The highest BCUT2D eigenvalue weighted by atomic mass is 35.5. The largest absolute Gasteiger partial charge is 0.324 e. The van der Waals surface area contributed by atoms with E-state index in [1.54, 1.807) is 23.6 Å². The number of thiazole rings is 1. The molecule has 29 heavy (non-hydrogen) atoms. The lowest BCUT2D eigenvalue weighted by molar-refractivity contribution is -0.384. The van der Waals surface area contributed by atoms with Crippen LogP contribution in [0.5, 0.6) is 0 Å². The fraction of sp³-hybridized carbons (Fsp3) is 0.200. The fourth-order valence-electron chi connectivity index (χ4n) is 3.00. The summed E-state index contributed by atoms with van der Waals surface area (Å²) in [5.41, 5.74) is 0.875. The zero-order chi connectivity index (χ0) is 21.0. The molecule has 3 rings (SSSR count). The Morgan fingerprint density at radius 2 is 2.03 bits per heavy atom. The quantitative estimate of drug-likeness (QED) is 0.428. The number of aromatic nitrogens is 1. The van der Waals surface area contributed by atoms with Crippen molar-refractivity contribution in [2.45, 2.75) is 19.5 Å². The molecule has 1 aromatic heterocycles. The second kappa shape index (κ2) is 9.13. The van der Waals surface area contributed by atoms with Crippen LogP contribution < -0.4 is 5.32 Å². The van der Waals surface area contributed by atoms with Crippen LogP contribution in [0.25, 0.3) is 0 Å². The summed E-state index contributed by atoms with van der Waals surface area (Å²) in [7, 11) is 1.86. The number of halogens is 1. The molecule has 0 spiro atoms. The highest BCUT2D eigenvalue weighted by Crippen LogP contribution is 2.29. The molecule has 1 N–H and O–H groups in total. The molecule has 0 saturated carbocycles. The molecule has 1 heterocycles. The Kier molecular flexibility index (Phi) is 6.58. The van der Waals surface area contributed by atoms with E-state index in [4.69, 9.17) is 11.6 Å². The van der Waals surface area contributed by atoms with Gasteiger partial charge >= 0.3 is 0 Å². The third kappa shape index (κ3) is 5.17. The molecule has 3 aromatic rings. The molecular weight excluding hydrogens is 412 g/mol. The minimum atomic E-state index is -0.589. The second-order valence-electron chi connectivity index (χ2n) is 6.49. The van der Waals surface area contributed by atoms with Gasteiger partial charge in [0.25, 0.3) is 5.69 Å². The van der Waals surface area contributed by atoms with Gasteiger partial charge in [-0.2, -0.15) is 0 Å². The Bertz CT molecular complexity index is 1030. The molecule has 1 unspecified atom stereocenters. The van der Waals surface area contributed by atoms with Crippen molar-refractivity contribution in [3.05, 3.63) is 85.3 Å². The summed E-state index contributed by atoms with van der Waals surface area (Å²) >= 11 is 7.44. The van der Waals surface area contributed by atoms with Crippen molar-refractivity contribution in [2.75, 3.05) is 12.4 Å². The van der Waals surface area contributed by atoms with E-state index in [-0.39, 0.29) is 16.6 Å². The van der Waals surface area contributed by atoms with Crippen molar-refractivity contribution in [1.29, 1.82) is 0 Å². The first-order valence-electron chi connectivity index (χ1n) is 8.76. The average molecular weight is 431 g/mol. The number of aryl methyl sites for hydroxylation is 1. The van der Waals surface area contributed by atoms with Gasteiger partial charge in [0.05, 0.1) is 9.93 Å². The lowest BCUT2D eigenvalue weighted by Crippen LogP contribution is -2.34. The van der Waals surface area contributed by atoms with Gasteiger partial charge in [-0.15, -0.1) is 11.3 Å². The molecule has 9 heteroatoms. The van der Waals surface area contributed by atoms with Crippen molar-refractivity contribution in [1.82, 2.24) is 9.88 Å². The van der Waals surface area contributed by atoms with Crippen LogP contribution in [-0.2, 0) is 11.3 Å². The maximum atomic E-state index is 13.1. The van der Waals surface area contributed by atoms with Crippen LogP contribution in [0, 0.1) is 17.0 Å². The highest BCUT2D eigenvalue weighted by molar-refractivity contribution is 7.11. The Balaban J connectivity index is 1.86. The van der Waals surface area contributed by atoms with E-state index in [0.717, 1.165) is 15.4 Å². The summed E-state index contributed by atoms with van der Waals surface area (Å²) in [6, 6.07) is 13.0. The number of nitro benzene ring substituents is 1. The summed E-state index contributed by atoms with van der Waals surface area (Å²) in [6.45, 7) is 2.47. The molecule has 0 radical (unpaired) electrons. The fourth-order valence-corrected chi connectivity index (χ4v) is 4.04. The number of nitrogens with one attached hydrogen (secondary N) is 1. The molecule has 0 aliphatic heterocycles. The first-order valence-corrected chi connectivity index (χ1v) is 9.96. The van der Waals surface area contributed by atoms with Crippen LogP contribution in [0.1, 0.15) is 21.5 Å². The topological polar surface area (TPSA) is 88.4 Å². The van der Waals surface area contributed by atoms with Gasteiger partial charge in [0.15, 0.2) is 0 Å². The van der Waals surface area contributed by atoms with Crippen LogP contribution >= 0.6 is 22.9 Å². The number of hydrogen-bond donors (Lipinski definition) is 1. The number of nitrogens with zero attached hydrogens (tertiary/aromatic N) is 3. The number of nitro groups is 1. The number of anilines is 1. The van der Waals surface area contributed by atoms with E-state index in [0.29, 0.717) is 12.2 Å². The number of benzene rings is 2. The van der Waals surface area contributed by atoms with Crippen molar-refractivity contribution < 1.29 is 9.72 Å². The zero-order valence-corrected chi connectivity index (χ0v) is 17.4. The minimum Gasteiger partial charge on any atom is -0.324 e. The Labute approximate surface area is 177 Å². The Hall–Kier alpha value is -2.81. The number of carbonyl (C=O) groups is 1. The summed E-state index contributed by atoms with van der Waals surface area (Å²) in [4.78, 5) is 30.9. The lowest BCUT2D eigenvalue weighted by Gasteiger charge is -2.27. The molecule has 0 bridgehead atoms. The molecule has 0 aliphatic carbocycles. The maximum absolute atomic E-state index is 13.1. The number of rotatable bonds is 7. The Morgan fingerprint density at radius 3 is 2.66 bits per heavy atom. The third-order valence-corrected chi connectivity index (χ3v) is 5.51. The molecule has 2 aromatic carbocycles. The van der Waals surface area contributed by atoms with Crippen molar-refractivity contribution in [3.63, 3.8) is 0 Å². The summed E-state index contributed by atoms with van der Waals surface area (Å²) in [5, 5.41) is 14.9. The van der Waals surface area contributed by atoms with Crippen LogP contribution in [-0.4, -0.2) is 27.8 Å². The highest BCUT2D eigenvalue weighted by Gasteiger charge is 2.26. The van der Waals surface area contributed by atoms with Crippen molar-refractivity contribution in [3.8, 4) is 0 Å². The predicted molar refractivity (Wildman–Crippen MR) is 114 cm³/mol. The molecular formula is C20H19ClN4O3S. The normalized spacial score (nSPS) is 12.0. The van der Waals surface area contributed by atoms with Gasteiger partial charge < -0.3 is 5.32 Å². The zero-order valence-electron chi connectivity index (χ0n) is 15.8. The van der Waals surface area contributed by atoms with E-state index in [2.05, 4.69) is 10.3 Å². The predicted octanol–water partition coefficient (Wildman–Crippen LogP) is 4.82. The summed E-state index contributed by atoms with van der Waals surface area (Å²) in [6.07, 6.45) is 1.80. The van der Waals surface area contributed by atoms with E-state index in [9.17, 15) is 14.9 Å². The molecule has 1 atom stereocenters. The average Bonchev–Trinajstić information content (AvgIpc) is 3.08. The van der Waals surface area contributed by atoms with Gasteiger partial charge in [0, 0.05) is 29.4 Å². The van der Waals surface area contributed by atoms with Gasteiger partial charge in [-0.25, -0.2) is 4.98 Å². The first-order chi connectivity index (χ1) is 13.8. The van der Waals surface area contributed by atoms with E-state index in [1.807, 2.05) is 49.2 Å². The van der Waals surface area contributed by atoms with Gasteiger partial charge in [-0.05, 0) is 31.7 Å². The van der Waals surface area contributed by atoms with Gasteiger partial charge in [-0.3, -0.25) is 19.8 Å². The van der Waals surface area contributed by atoms with Crippen molar-refractivity contribution in [2.24, 2.45) is 0 Å². The minimum absolute atomic E-state index is 0.0188. The molecule has 1 amide bonds. The van der Waals surface area contributed by atoms with Crippen LogP contribution in [0.2, 0.25) is 5.02 Å². The first kappa shape index (κ1) is 20.9. The number of likely N-dealkylation sites (N-methyl/N-ethyl adjacent to an activating group) is 1.